The third-order valence-corrected chi connectivity index (χ3v) is 12.4. The summed E-state index contributed by atoms with van der Waals surface area (Å²) in [6.07, 6.45) is 0. The molecule has 0 bridgehead atoms. The summed E-state index contributed by atoms with van der Waals surface area (Å²) in [5.41, 5.74) is 6.34. The van der Waals surface area contributed by atoms with Crippen LogP contribution in [0.15, 0.2) is 140 Å². The van der Waals surface area contributed by atoms with Gasteiger partial charge in [-0.25, -0.2) is 0 Å². The van der Waals surface area contributed by atoms with Gasteiger partial charge in [-0.15, -0.1) is 0 Å². The van der Waals surface area contributed by atoms with Gasteiger partial charge in [-0.1, -0.05) is 54.6 Å². The predicted molar refractivity (Wildman–Crippen MR) is 214 cm³/mol. The number of hydrogen-bond donors (Lipinski definition) is 0. The van der Waals surface area contributed by atoms with Crippen LogP contribution in [0.3, 0.4) is 0 Å². The number of benzene rings is 6. The summed E-state index contributed by atoms with van der Waals surface area (Å²) in [7, 11) is -3.28. The molecule has 1 saturated heterocycles. The first kappa shape index (κ1) is 38.2. The van der Waals surface area contributed by atoms with E-state index in [9.17, 15) is 0 Å². The van der Waals surface area contributed by atoms with Crippen LogP contribution in [0.2, 0.25) is 10.8 Å². The third-order valence-electron chi connectivity index (χ3n) is 8.20. The molecule has 0 atom stereocenters. The van der Waals surface area contributed by atoms with E-state index in [0.29, 0.717) is 13.4 Å². The molecule has 53 heavy (non-hydrogen) atoms. The van der Waals surface area contributed by atoms with Gasteiger partial charge in [0, 0.05) is 0 Å². The molecular formula is C44H45NiO6P2. The zero-order valence-corrected chi connectivity index (χ0v) is 33.6. The van der Waals surface area contributed by atoms with Gasteiger partial charge >= 0.3 is 181 Å². The van der Waals surface area contributed by atoms with E-state index in [1.54, 1.807) is 0 Å². The summed E-state index contributed by atoms with van der Waals surface area (Å²) >= 11 is 0.325. The fourth-order valence-electron chi connectivity index (χ4n) is 4.93. The molecule has 9 heteroatoms. The fraction of sp³-hybridized carbons (Fsp3) is 0.182. The smallest absolute Gasteiger partial charge is 0.408 e. The molecule has 0 radical (unpaired) electrons. The number of para-hydroxylation sites is 5. The van der Waals surface area contributed by atoms with Gasteiger partial charge < -0.3 is 13.6 Å². The minimum atomic E-state index is -1.64. The Hall–Kier alpha value is -4.53. The molecule has 0 amide bonds. The monoisotopic (exact) mass is 789 g/mol. The third kappa shape index (κ3) is 11.0. The maximum absolute atomic E-state index is 6.24. The van der Waals surface area contributed by atoms with Gasteiger partial charge in [-0.3, -0.25) is 0 Å². The van der Waals surface area contributed by atoms with Gasteiger partial charge in [0.05, 0.1) is 0 Å². The molecule has 0 N–H and O–H groups in total. The maximum Gasteiger partial charge on any atom is 0.530 e. The van der Waals surface area contributed by atoms with E-state index < -0.39 is 17.2 Å². The Morgan fingerprint density at radius 1 is 0.340 bits per heavy atom. The summed E-state index contributed by atoms with van der Waals surface area (Å²) in [4.78, 5) is 0. The van der Waals surface area contributed by atoms with Crippen molar-refractivity contribution in [1.29, 1.82) is 0 Å². The summed E-state index contributed by atoms with van der Waals surface area (Å²) in [6.45, 7) is 12.1. The second kappa shape index (κ2) is 18.5. The molecule has 6 aromatic carbocycles. The Labute approximate surface area is 320 Å². The van der Waals surface area contributed by atoms with Crippen molar-refractivity contribution in [3.05, 3.63) is 173 Å². The largest absolute Gasteiger partial charge is 0.530 e. The van der Waals surface area contributed by atoms with Gasteiger partial charge in [0.15, 0.2) is 0 Å². The SMILES string of the molecule is Cc1ccccc1OP(Oc1ccccc1C)Oc1cc[c]([Ni]2[CH2][CH2]2)cc1C.Cc1ccccc1OP(Oc1ccccc1C)Oc1ccccc1C. The van der Waals surface area contributed by atoms with E-state index in [0.717, 1.165) is 67.9 Å². The molecule has 277 valence electrons. The Balaban J connectivity index is 0.000000183. The average molecular weight is 790 g/mol. The Kier molecular flexibility index (Phi) is 13.3. The van der Waals surface area contributed by atoms with Crippen LogP contribution in [0.5, 0.6) is 34.5 Å². The van der Waals surface area contributed by atoms with Crippen molar-refractivity contribution in [3.8, 4) is 34.5 Å². The van der Waals surface area contributed by atoms with Gasteiger partial charge in [0.2, 0.25) is 0 Å². The summed E-state index contributed by atoms with van der Waals surface area (Å²) in [5, 5.41) is 2.66. The first-order valence-electron chi connectivity index (χ1n) is 17.3. The van der Waals surface area contributed by atoms with E-state index in [1.807, 2.05) is 156 Å². The molecule has 0 aromatic heterocycles. The van der Waals surface area contributed by atoms with Crippen molar-refractivity contribution in [2.45, 2.75) is 52.3 Å². The van der Waals surface area contributed by atoms with Crippen LogP contribution in [-0.4, -0.2) is 0 Å². The van der Waals surface area contributed by atoms with Gasteiger partial charge in [-0.2, -0.15) is 0 Å². The zero-order chi connectivity index (χ0) is 37.2. The number of hydrogen-bond acceptors (Lipinski definition) is 6. The molecular weight excluding hydrogens is 745 g/mol. The van der Waals surface area contributed by atoms with Crippen molar-refractivity contribution < 1.29 is 40.6 Å². The van der Waals surface area contributed by atoms with Gasteiger partial charge in [0.1, 0.15) is 17.2 Å². The molecule has 1 fully saturated rings. The quantitative estimate of drug-likeness (QED) is 0.0858. The van der Waals surface area contributed by atoms with Crippen LogP contribution in [0.25, 0.3) is 0 Å². The van der Waals surface area contributed by atoms with E-state index in [4.69, 9.17) is 27.1 Å². The van der Waals surface area contributed by atoms with E-state index >= 15 is 0 Å². The van der Waals surface area contributed by atoms with Crippen molar-refractivity contribution in [3.63, 3.8) is 0 Å². The molecule has 6 nitrogen and oxygen atoms in total. The topological polar surface area (TPSA) is 55.4 Å². The molecule has 1 aliphatic rings. The minimum absolute atomic E-state index is 0.325. The van der Waals surface area contributed by atoms with Crippen LogP contribution in [0.4, 0.5) is 0 Å². The standard InChI is InChI=1S/C21H21O3P.C21H20O3P.C2H4.Ni/c2*1-16-10-4-7-13-19(16)22-25(23-20-14-8-5-11-17(20)2)24-21-15-9-6-12-18(21)3;1-2;/h4-15H,1-3H3;4-5,7-15H,1-3H3;1-2H2;. The molecule has 0 unspecified atom stereocenters. The molecule has 0 spiro atoms. The minimum Gasteiger partial charge on any atom is -0.408 e. The summed E-state index contributed by atoms with van der Waals surface area (Å²) in [5.74, 6) is 4.64. The van der Waals surface area contributed by atoms with Crippen LogP contribution >= 0.6 is 17.2 Å². The second-order valence-corrected chi connectivity index (χ2v) is 17.1. The van der Waals surface area contributed by atoms with Gasteiger partial charge in [0.25, 0.3) is 0 Å². The first-order valence-corrected chi connectivity index (χ1v) is 21.4. The number of rotatable bonds is 13. The van der Waals surface area contributed by atoms with Crippen molar-refractivity contribution in [1.82, 2.24) is 0 Å². The molecule has 1 aliphatic heterocycles. The molecule has 0 saturated carbocycles. The van der Waals surface area contributed by atoms with Gasteiger partial charge in [-0.05, 0) is 55.7 Å². The Bertz CT molecular complexity index is 1960. The molecule has 0 aliphatic carbocycles. The molecule has 1 heterocycles. The van der Waals surface area contributed by atoms with E-state index in [1.165, 1.54) is 15.3 Å². The van der Waals surface area contributed by atoms with E-state index in [-0.39, 0.29) is 0 Å². The second-order valence-electron chi connectivity index (χ2n) is 12.4. The molecule has 7 rings (SSSR count). The van der Waals surface area contributed by atoms with Crippen LogP contribution < -0.4 is 31.7 Å². The van der Waals surface area contributed by atoms with E-state index in [2.05, 4.69) is 25.1 Å². The fourth-order valence-corrected chi connectivity index (χ4v) is 9.05. The first-order chi connectivity index (χ1) is 25.7. The average Bonchev–Trinajstić information content (AvgIpc) is 4.00. The summed E-state index contributed by atoms with van der Waals surface area (Å²) in [6, 6.07) is 45.9. The van der Waals surface area contributed by atoms with Crippen molar-refractivity contribution in [2.75, 3.05) is 0 Å². The van der Waals surface area contributed by atoms with Crippen molar-refractivity contribution >= 4 is 21.7 Å². The number of aryl methyl sites for hydroxylation is 6. The van der Waals surface area contributed by atoms with Crippen LogP contribution in [0, 0.1) is 41.5 Å². The van der Waals surface area contributed by atoms with Crippen LogP contribution in [0.1, 0.15) is 33.4 Å². The maximum atomic E-state index is 6.24. The predicted octanol–water partition coefficient (Wildman–Crippen LogP) is 12.8. The Morgan fingerprint density at radius 3 is 0.849 bits per heavy atom. The van der Waals surface area contributed by atoms with Crippen LogP contribution in [-0.2, 0) is 13.4 Å². The van der Waals surface area contributed by atoms with Crippen molar-refractivity contribution in [2.24, 2.45) is 0 Å². The zero-order valence-electron chi connectivity index (χ0n) is 30.9. The normalized spacial score (nSPS) is 12.4. The molecule has 6 aromatic rings. The summed E-state index contributed by atoms with van der Waals surface area (Å²) < 4.78 is 38.3. The Morgan fingerprint density at radius 2 is 0.604 bits per heavy atom.